The number of amides is 5. The number of carbonyl (C=O) groups excluding carboxylic acids is 5. The Morgan fingerprint density at radius 3 is 1.96 bits per heavy atom. The quantitative estimate of drug-likeness (QED) is 0.0848. The number of hydrogen-bond donors (Lipinski definition) is 9. The summed E-state index contributed by atoms with van der Waals surface area (Å²) in [5.74, 6) is -4.50. The Balaban J connectivity index is 2.04. The van der Waals surface area contributed by atoms with Crippen molar-refractivity contribution in [3.63, 3.8) is 0 Å². The topological polar surface area (TPSA) is 249 Å². The number of nitrogens with two attached hydrogens (primary N) is 1. The highest BCUT2D eigenvalue weighted by molar-refractivity contribution is 7.98. The lowest BCUT2D eigenvalue weighted by atomic mass is 10.0. The molecule has 0 fully saturated rings. The van der Waals surface area contributed by atoms with Crippen LogP contribution in [0.3, 0.4) is 0 Å². The Kier molecular flexibility index (Phi) is 16.4. The van der Waals surface area contributed by atoms with Crippen molar-refractivity contribution in [3.05, 3.63) is 65.7 Å². The molecule has 10 N–H and O–H groups in total. The van der Waals surface area contributed by atoms with E-state index in [0.29, 0.717) is 16.9 Å². The number of benzene rings is 2. The number of aliphatic hydroxyl groups excluding tert-OH is 1. The van der Waals surface area contributed by atoms with Crippen molar-refractivity contribution in [1.82, 2.24) is 26.6 Å². The van der Waals surface area contributed by atoms with E-state index in [9.17, 15) is 44.1 Å². The van der Waals surface area contributed by atoms with Crippen LogP contribution >= 0.6 is 11.8 Å². The number of carbonyl (C=O) groups is 6. The van der Waals surface area contributed by atoms with Crippen molar-refractivity contribution in [1.29, 1.82) is 0 Å². The van der Waals surface area contributed by atoms with E-state index in [4.69, 9.17) is 5.73 Å². The molecular formula is C32H44N6O9S. The fourth-order valence-electron chi connectivity index (χ4n) is 4.41. The Labute approximate surface area is 282 Å². The normalized spacial score (nSPS) is 14.6. The molecule has 15 nitrogen and oxygen atoms in total. The summed E-state index contributed by atoms with van der Waals surface area (Å²) in [6.07, 6.45) is 0.711. The van der Waals surface area contributed by atoms with E-state index < -0.39 is 78.4 Å². The molecule has 0 radical (unpaired) electrons. The first kappa shape index (κ1) is 39.5. The maximum atomic E-state index is 13.5. The van der Waals surface area contributed by atoms with Crippen LogP contribution in [-0.4, -0.2) is 106 Å². The summed E-state index contributed by atoms with van der Waals surface area (Å²) in [5.41, 5.74) is 7.36. The van der Waals surface area contributed by atoms with Crippen LogP contribution in [0.1, 0.15) is 31.4 Å². The highest BCUT2D eigenvalue weighted by Crippen LogP contribution is 2.11. The second-order valence-electron chi connectivity index (χ2n) is 11.1. The molecule has 0 spiro atoms. The van der Waals surface area contributed by atoms with E-state index in [1.54, 1.807) is 48.7 Å². The maximum Gasteiger partial charge on any atom is 0.328 e. The van der Waals surface area contributed by atoms with Gasteiger partial charge < -0.3 is 47.6 Å². The van der Waals surface area contributed by atoms with Crippen LogP contribution in [0.25, 0.3) is 0 Å². The van der Waals surface area contributed by atoms with Gasteiger partial charge in [0.25, 0.3) is 0 Å². The lowest BCUT2D eigenvalue weighted by molar-refractivity contribution is -0.145. The van der Waals surface area contributed by atoms with Crippen molar-refractivity contribution in [2.75, 3.05) is 18.6 Å². The molecule has 0 aliphatic heterocycles. The number of aliphatic carboxylic acids is 1. The number of hydrogen-bond acceptors (Lipinski definition) is 10. The molecule has 0 saturated heterocycles. The van der Waals surface area contributed by atoms with Gasteiger partial charge in [0.1, 0.15) is 23.9 Å². The molecule has 262 valence electrons. The smallest absolute Gasteiger partial charge is 0.328 e. The van der Waals surface area contributed by atoms with Gasteiger partial charge in [0.2, 0.25) is 29.5 Å². The average molecular weight is 689 g/mol. The molecule has 2 aromatic rings. The van der Waals surface area contributed by atoms with Gasteiger partial charge in [-0.2, -0.15) is 11.8 Å². The Hall–Kier alpha value is -4.67. The zero-order valence-corrected chi connectivity index (χ0v) is 27.8. The zero-order chi connectivity index (χ0) is 35.8. The molecule has 6 atom stereocenters. The summed E-state index contributed by atoms with van der Waals surface area (Å²) in [6.45, 7) is 2.08. The molecule has 0 bridgehead atoms. The molecule has 0 aliphatic rings. The predicted octanol–water partition coefficient (Wildman–Crippen LogP) is -1.20. The molecule has 5 amide bonds. The second-order valence-corrected chi connectivity index (χ2v) is 12.1. The van der Waals surface area contributed by atoms with Gasteiger partial charge in [-0.05, 0) is 62.0 Å². The van der Waals surface area contributed by atoms with Gasteiger partial charge in [-0.15, -0.1) is 0 Å². The summed E-state index contributed by atoms with van der Waals surface area (Å²) >= 11 is 1.40. The highest BCUT2D eigenvalue weighted by atomic mass is 32.2. The van der Waals surface area contributed by atoms with Crippen molar-refractivity contribution in [2.24, 2.45) is 5.73 Å². The minimum absolute atomic E-state index is 0.0278. The third-order valence-corrected chi connectivity index (χ3v) is 7.77. The SMILES string of the molecule is CSCC[C@H](NC(=O)[C@H](Cc1ccccc1)NC(=O)CNC(=O)[C@@H](C)NC(=O)[C@@H](N)Cc1ccc(O)cc1)C(=O)N[C@H](C(=O)O)C(C)O. The predicted molar refractivity (Wildman–Crippen MR) is 179 cm³/mol. The molecule has 16 heteroatoms. The van der Waals surface area contributed by atoms with Crippen LogP contribution < -0.4 is 32.3 Å². The van der Waals surface area contributed by atoms with E-state index >= 15 is 0 Å². The number of carboxylic acids is 1. The van der Waals surface area contributed by atoms with Crippen LogP contribution in [0.15, 0.2) is 54.6 Å². The first-order valence-electron chi connectivity index (χ1n) is 15.2. The minimum atomic E-state index is -1.60. The first-order chi connectivity index (χ1) is 22.7. The number of phenols is 1. The maximum absolute atomic E-state index is 13.5. The molecule has 2 rings (SSSR count). The summed E-state index contributed by atoms with van der Waals surface area (Å²) in [7, 11) is 0. The van der Waals surface area contributed by atoms with Gasteiger partial charge in [-0.25, -0.2) is 4.79 Å². The number of thioether (sulfide) groups is 1. The monoisotopic (exact) mass is 688 g/mol. The number of aromatic hydroxyl groups is 1. The number of aliphatic hydroxyl groups is 1. The minimum Gasteiger partial charge on any atom is -0.508 e. The third-order valence-electron chi connectivity index (χ3n) is 7.13. The molecule has 0 aromatic heterocycles. The van der Waals surface area contributed by atoms with Crippen LogP contribution in [0, 0.1) is 0 Å². The van der Waals surface area contributed by atoms with Crippen LogP contribution in [0.5, 0.6) is 5.75 Å². The Morgan fingerprint density at radius 2 is 1.38 bits per heavy atom. The molecule has 2 aromatic carbocycles. The van der Waals surface area contributed by atoms with Crippen molar-refractivity contribution in [3.8, 4) is 5.75 Å². The number of carboxylic acid groups (broad SMARTS) is 1. The molecule has 1 unspecified atom stereocenters. The summed E-state index contributed by atoms with van der Waals surface area (Å²) in [4.78, 5) is 76.0. The number of rotatable bonds is 19. The molecule has 0 heterocycles. The van der Waals surface area contributed by atoms with E-state index in [2.05, 4.69) is 26.6 Å². The van der Waals surface area contributed by atoms with Crippen LogP contribution in [0.2, 0.25) is 0 Å². The number of phenolic OH excluding ortho intramolecular Hbond substituents is 1. The molecule has 48 heavy (non-hydrogen) atoms. The van der Waals surface area contributed by atoms with Gasteiger partial charge in [-0.1, -0.05) is 42.5 Å². The fourth-order valence-corrected chi connectivity index (χ4v) is 4.88. The van der Waals surface area contributed by atoms with E-state index in [1.807, 2.05) is 0 Å². The van der Waals surface area contributed by atoms with Crippen LogP contribution in [0.4, 0.5) is 0 Å². The van der Waals surface area contributed by atoms with E-state index in [0.717, 1.165) is 0 Å². The lowest BCUT2D eigenvalue weighted by Gasteiger charge is -2.25. The van der Waals surface area contributed by atoms with Gasteiger partial charge in [-0.3, -0.25) is 24.0 Å². The van der Waals surface area contributed by atoms with Crippen molar-refractivity contribution >= 4 is 47.3 Å². The van der Waals surface area contributed by atoms with Gasteiger partial charge in [0.15, 0.2) is 6.04 Å². The molecule has 0 aliphatic carbocycles. The van der Waals surface area contributed by atoms with Gasteiger partial charge in [0.05, 0.1) is 18.7 Å². The lowest BCUT2D eigenvalue weighted by Crippen LogP contribution is -2.58. The van der Waals surface area contributed by atoms with E-state index in [1.165, 1.54) is 37.7 Å². The Morgan fingerprint density at radius 1 is 0.771 bits per heavy atom. The van der Waals surface area contributed by atoms with Gasteiger partial charge in [0, 0.05) is 6.42 Å². The second kappa shape index (κ2) is 19.9. The highest BCUT2D eigenvalue weighted by Gasteiger charge is 2.31. The van der Waals surface area contributed by atoms with Crippen LogP contribution in [-0.2, 0) is 41.6 Å². The summed E-state index contributed by atoms with van der Waals surface area (Å²) < 4.78 is 0. The van der Waals surface area contributed by atoms with Gasteiger partial charge >= 0.3 is 5.97 Å². The largest absolute Gasteiger partial charge is 0.508 e. The van der Waals surface area contributed by atoms with Crippen molar-refractivity contribution in [2.45, 2.75) is 69.4 Å². The summed E-state index contributed by atoms with van der Waals surface area (Å²) in [6, 6.07) is 8.92. The van der Waals surface area contributed by atoms with E-state index in [-0.39, 0.29) is 25.0 Å². The summed E-state index contributed by atoms with van der Waals surface area (Å²) in [5, 5.41) is 40.8. The standard InChI is InChI=1S/C32H44N6O9S/c1-18(35-29(43)23(33)15-21-9-11-22(40)12-10-21)28(42)34-17-26(41)36-25(16-20-7-5-4-6-8-20)31(45)37-24(13-14-48-3)30(44)38-27(19(2)39)32(46)47/h4-12,18-19,23-25,27,39-40H,13-17,33H2,1-3H3,(H,34,42)(H,35,43)(H,36,41)(H,37,45)(H,38,44)(H,46,47)/t18-,19?,23+,24+,25+,27+/m1/s1. The fraction of sp³-hybridized carbons (Fsp3) is 0.438. The average Bonchev–Trinajstić information content (AvgIpc) is 3.04. The van der Waals surface area contributed by atoms with Crippen molar-refractivity contribution < 1.29 is 44.1 Å². The zero-order valence-electron chi connectivity index (χ0n) is 27.0. The third kappa shape index (κ3) is 13.6. The molecular weight excluding hydrogens is 644 g/mol. The first-order valence-corrected chi connectivity index (χ1v) is 16.6. The molecule has 0 saturated carbocycles. The Bertz CT molecular complexity index is 1390. The number of nitrogens with one attached hydrogen (secondary N) is 5.